The molecule has 22 heavy (non-hydrogen) atoms. The van der Waals surface area contributed by atoms with Gasteiger partial charge >= 0.3 is 12.1 Å². The van der Waals surface area contributed by atoms with Gasteiger partial charge in [0.15, 0.2) is 0 Å². The fourth-order valence-corrected chi connectivity index (χ4v) is 1.81. The van der Waals surface area contributed by atoms with Gasteiger partial charge in [-0.1, -0.05) is 36.4 Å². The van der Waals surface area contributed by atoms with E-state index in [0.29, 0.717) is 5.56 Å². The molecule has 0 amide bonds. The van der Waals surface area contributed by atoms with Crippen molar-refractivity contribution >= 4 is 5.69 Å². The van der Waals surface area contributed by atoms with E-state index in [2.05, 4.69) is 10.9 Å². The van der Waals surface area contributed by atoms with E-state index in [-0.39, 0.29) is 6.54 Å². The summed E-state index contributed by atoms with van der Waals surface area (Å²) in [4.78, 5) is 0. The first kappa shape index (κ1) is 16.2. The van der Waals surface area contributed by atoms with Crippen LogP contribution in [0.2, 0.25) is 0 Å². The van der Waals surface area contributed by atoms with Crippen molar-refractivity contribution in [1.29, 1.82) is 0 Å². The first-order valence-corrected chi connectivity index (χ1v) is 6.38. The normalized spacial score (nSPS) is 12.2. The molecule has 0 saturated carbocycles. The van der Waals surface area contributed by atoms with Crippen molar-refractivity contribution in [2.75, 3.05) is 5.43 Å². The molecule has 2 aromatic rings. The Kier molecular flexibility index (Phi) is 4.65. The number of alkyl halides is 5. The molecule has 0 aromatic heterocycles. The summed E-state index contributed by atoms with van der Waals surface area (Å²) in [7, 11) is 0. The monoisotopic (exact) mass is 316 g/mol. The van der Waals surface area contributed by atoms with Gasteiger partial charge in [-0.25, -0.2) is 5.43 Å². The van der Waals surface area contributed by atoms with Crippen LogP contribution in [-0.4, -0.2) is 6.18 Å². The van der Waals surface area contributed by atoms with Crippen molar-refractivity contribution in [3.8, 4) is 0 Å². The Bertz CT molecular complexity index is 611. The number of hydrogen-bond acceptors (Lipinski definition) is 2. The third-order valence-corrected chi connectivity index (χ3v) is 2.94. The molecular formula is C15H13F5N2. The second kappa shape index (κ2) is 6.31. The zero-order valence-corrected chi connectivity index (χ0v) is 11.3. The third-order valence-electron chi connectivity index (χ3n) is 2.94. The van der Waals surface area contributed by atoms with Crippen LogP contribution in [-0.2, 0) is 12.5 Å². The van der Waals surface area contributed by atoms with E-state index in [0.717, 1.165) is 17.8 Å². The number of anilines is 1. The van der Waals surface area contributed by atoms with Gasteiger partial charge < -0.3 is 5.43 Å². The molecule has 0 spiro atoms. The third kappa shape index (κ3) is 3.73. The average molecular weight is 316 g/mol. The summed E-state index contributed by atoms with van der Waals surface area (Å²) >= 11 is 0. The van der Waals surface area contributed by atoms with Crippen molar-refractivity contribution in [2.24, 2.45) is 0 Å². The maximum Gasteiger partial charge on any atom is 0.458 e. The smallest absolute Gasteiger partial charge is 0.321 e. The minimum atomic E-state index is -5.61. The average Bonchev–Trinajstić information content (AvgIpc) is 2.47. The molecule has 0 saturated heterocycles. The number of benzene rings is 2. The second-order valence-corrected chi connectivity index (χ2v) is 4.62. The topological polar surface area (TPSA) is 24.1 Å². The molecular weight excluding hydrogens is 303 g/mol. The van der Waals surface area contributed by atoms with Gasteiger partial charge in [0.25, 0.3) is 0 Å². The van der Waals surface area contributed by atoms with Crippen LogP contribution in [0.4, 0.5) is 27.6 Å². The van der Waals surface area contributed by atoms with Crippen molar-refractivity contribution in [2.45, 2.75) is 18.6 Å². The molecule has 0 aliphatic rings. The fourth-order valence-electron chi connectivity index (χ4n) is 1.81. The van der Waals surface area contributed by atoms with Crippen LogP contribution in [0.1, 0.15) is 11.1 Å². The highest BCUT2D eigenvalue weighted by Crippen LogP contribution is 2.43. The molecule has 2 rings (SSSR count). The Morgan fingerprint density at radius 1 is 0.818 bits per heavy atom. The summed E-state index contributed by atoms with van der Waals surface area (Å²) in [6.07, 6.45) is -5.61. The highest BCUT2D eigenvalue weighted by molar-refractivity contribution is 5.41. The first-order valence-electron chi connectivity index (χ1n) is 6.38. The molecule has 2 aromatic carbocycles. The highest BCUT2D eigenvalue weighted by atomic mass is 19.4. The lowest BCUT2D eigenvalue weighted by Gasteiger charge is -2.20. The maximum atomic E-state index is 13.3. The van der Waals surface area contributed by atoms with E-state index in [1.165, 1.54) is 12.1 Å². The fraction of sp³-hybridized carbons (Fsp3) is 0.200. The standard InChI is InChI=1S/C15H13F5N2/c16-14(17,15(18,19)20)12-6-4-5-11(9-12)10-21-22-13-7-2-1-3-8-13/h1-9,21-22H,10H2. The molecule has 0 fully saturated rings. The SMILES string of the molecule is FC(F)(F)C(F)(F)c1cccc(CNNc2ccccc2)c1. The van der Waals surface area contributed by atoms with E-state index in [9.17, 15) is 22.0 Å². The molecule has 0 atom stereocenters. The number of hydrazine groups is 1. The number of rotatable bonds is 5. The minimum Gasteiger partial charge on any atom is -0.321 e. The van der Waals surface area contributed by atoms with Crippen molar-refractivity contribution in [3.05, 3.63) is 65.7 Å². The van der Waals surface area contributed by atoms with Gasteiger partial charge in [0.05, 0.1) is 0 Å². The quantitative estimate of drug-likeness (QED) is 0.629. The summed E-state index contributed by atoms with van der Waals surface area (Å²) in [6, 6.07) is 13.2. The first-order chi connectivity index (χ1) is 10.3. The van der Waals surface area contributed by atoms with Crippen LogP contribution in [0.3, 0.4) is 0 Å². The number of halogens is 5. The second-order valence-electron chi connectivity index (χ2n) is 4.62. The van der Waals surface area contributed by atoms with Gasteiger partial charge in [0.2, 0.25) is 0 Å². The van der Waals surface area contributed by atoms with Crippen LogP contribution in [0.5, 0.6) is 0 Å². The molecule has 0 aliphatic heterocycles. The number of hydrogen-bond donors (Lipinski definition) is 2. The summed E-state index contributed by atoms with van der Waals surface area (Å²) in [5, 5.41) is 0. The van der Waals surface area contributed by atoms with Gasteiger partial charge in [-0.2, -0.15) is 22.0 Å². The Balaban J connectivity index is 2.03. The van der Waals surface area contributed by atoms with E-state index in [1.807, 2.05) is 6.07 Å². The van der Waals surface area contributed by atoms with Crippen LogP contribution in [0, 0.1) is 0 Å². The zero-order chi connectivity index (χ0) is 16.2. The summed E-state index contributed by atoms with van der Waals surface area (Å²) in [6.45, 7) is 0.0939. The molecule has 0 aliphatic carbocycles. The van der Waals surface area contributed by atoms with Crippen LogP contribution < -0.4 is 10.9 Å². The lowest BCUT2D eigenvalue weighted by Crippen LogP contribution is -2.33. The largest absolute Gasteiger partial charge is 0.458 e. The van der Waals surface area contributed by atoms with Gasteiger partial charge in [0, 0.05) is 17.8 Å². The van der Waals surface area contributed by atoms with Crippen molar-refractivity contribution in [1.82, 2.24) is 5.43 Å². The predicted molar refractivity (Wildman–Crippen MR) is 73.3 cm³/mol. The Morgan fingerprint density at radius 2 is 1.50 bits per heavy atom. The van der Waals surface area contributed by atoms with E-state index in [1.54, 1.807) is 24.3 Å². The van der Waals surface area contributed by atoms with Gasteiger partial charge in [-0.05, 0) is 23.8 Å². The highest BCUT2D eigenvalue weighted by Gasteiger charge is 2.58. The van der Waals surface area contributed by atoms with E-state index >= 15 is 0 Å². The minimum absolute atomic E-state index is 0.0939. The van der Waals surface area contributed by atoms with Crippen molar-refractivity contribution < 1.29 is 22.0 Å². The molecule has 0 radical (unpaired) electrons. The molecule has 0 unspecified atom stereocenters. The molecule has 2 nitrogen and oxygen atoms in total. The number of para-hydroxylation sites is 1. The lowest BCUT2D eigenvalue weighted by molar-refractivity contribution is -0.289. The van der Waals surface area contributed by atoms with Gasteiger partial charge in [-0.3, -0.25) is 0 Å². The Hall–Kier alpha value is -2.15. The number of nitrogens with one attached hydrogen (secondary N) is 2. The zero-order valence-electron chi connectivity index (χ0n) is 11.3. The van der Waals surface area contributed by atoms with Crippen LogP contribution in [0.25, 0.3) is 0 Å². The van der Waals surface area contributed by atoms with Crippen LogP contribution >= 0.6 is 0 Å². The van der Waals surface area contributed by atoms with E-state index in [4.69, 9.17) is 0 Å². The Labute approximate surface area is 123 Å². The van der Waals surface area contributed by atoms with Gasteiger partial charge in [-0.15, -0.1) is 0 Å². The Morgan fingerprint density at radius 3 is 2.14 bits per heavy atom. The molecule has 0 bridgehead atoms. The van der Waals surface area contributed by atoms with Gasteiger partial charge in [0.1, 0.15) is 0 Å². The summed E-state index contributed by atoms with van der Waals surface area (Å²) < 4.78 is 63.6. The molecule has 118 valence electrons. The maximum absolute atomic E-state index is 13.3. The lowest BCUT2D eigenvalue weighted by atomic mass is 10.0. The predicted octanol–water partition coefficient (Wildman–Crippen LogP) is 4.46. The van der Waals surface area contributed by atoms with E-state index < -0.39 is 17.7 Å². The molecule has 2 N–H and O–H groups in total. The van der Waals surface area contributed by atoms with Crippen LogP contribution in [0.15, 0.2) is 54.6 Å². The summed E-state index contributed by atoms with van der Waals surface area (Å²) in [5.41, 5.74) is 5.57. The molecule has 7 heteroatoms. The molecule has 0 heterocycles. The van der Waals surface area contributed by atoms with Crippen molar-refractivity contribution in [3.63, 3.8) is 0 Å². The summed E-state index contributed by atoms with van der Waals surface area (Å²) in [5.74, 6) is -4.87.